The van der Waals surface area contributed by atoms with Gasteiger partial charge in [0.1, 0.15) is 5.75 Å². The molecule has 0 saturated carbocycles. The van der Waals surface area contributed by atoms with Gasteiger partial charge in [0.2, 0.25) is 0 Å². The maximum Gasteiger partial charge on any atom is 0.256 e. The van der Waals surface area contributed by atoms with E-state index in [-0.39, 0.29) is 11.3 Å². The standard InChI is InChI=1S/C24H33NO2S/c1-23(2,3)15-9-11-20(27-7)19(12-15)25-22(26)18-14-28-21-13-16(24(4,5)6)8-10-17(18)21/h9,11-12,14,16H,8,10,13H2,1-7H3,(H,25,26)/t16-/m1/s1. The van der Waals surface area contributed by atoms with Gasteiger partial charge in [-0.05, 0) is 59.3 Å². The van der Waals surface area contributed by atoms with Gasteiger partial charge in [0.05, 0.1) is 18.4 Å². The van der Waals surface area contributed by atoms with Crippen LogP contribution in [-0.2, 0) is 18.3 Å². The molecule has 3 nitrogen and oxygen atoms in total. The molecule has 1 heterocycles. The molecule has 0 bridgehead atoms. The average Bonchev–Trinajstić information content (AvgIpc) is 3.03. The monoisotopic (exact) mass is 399 g/mol. The normalized spacial score (nSPS) is 17.2. The van der Waals surface area contributed by atoms with E-state index < -0.39 is 0 Å². The number of thiophene rings is 1. The molecule has 0 radical (unpaired) electrons. The Morgan fingerprint density at radius 1 is 1.18 bits per heavy atom. The molecule has 1 aliphatic carbocycles. The molecule has 0 unspecified atom stereocenters. The summed E-state index contributed by atoms with van der Waals surface area (Å²) in [4.78, 5) is 14.5. The highest BCUT2D eigenvalue weighted by Gasteiger charge is 2.31. The van der Waals surface area contributed by atoms with E-state index in [1.165, 1.54) is 16.0 Å². The lowest BCUT2D eigenvalue weighted by Crippen LogP contribution is -2.27. The summed E-state index contributed by atoms with van der Waals surface area (Å²) in [6.45, 7) is 13.5. The Balaban J connectivity index is 1.85. The molecule has 1 aliphatic rings. The van der Waals surface area contributed by atoms with Gasteiger partial charge in [-0.3, -0.25) is 4.79 Å². The number of ether oxygens (including phenoxy) is 1. The summed E-state index contributed by atoms with van der Waals surface area (Å²) in [6, 6.07) is 6.03. The molecule has 1 aromatic carbocycles. The van der Waals surface area contributed by atoms with Gasteiger partial charge in [-0.15, -0.1) is 11.3 Å². The molecular formula is C24H33NO2S. The smallest absolute Gasteiger partial charge is 0.256 e. The maximum absolute atomic E-state index is 13.1. The Bertz CT molecular complexity index is 868. The van der Waals surface area contributed by atoms with E-state index in [1.54, 1.807) is 18.4 Å². The number of hydrogen-bond donors (Lipinski definition) is 1. The summed E-state index contributed by atoms with van der Waals surface area (Å²) in [5, 5.41) is 5.14. The van der Waals surface area contributed by atoms with Gasteiger partial charge >= 0.3 is 0 Å². The largest absolute Gasteiger partial charge is 0.495 e. The molecule has 4 heteroatoms. The zero-order chi connectivity index (χ0) is 20.7. The average molecular weight is 400 g/mol. The van der Waals surface area contributed by atoms with Crippen LogP contribution < -0.4 is 10.1 Å². The van der Waals surface area contributed by atoms with Gasteiger partial charge in [-0.1, -0.05) is 47.6 Å². The number of carbonyl (C=O) groups is 1. The SMILES string of the molecule is COc1ccc(C(C)(C)C)cc1NC(=O)c1csc2c1CC[C@@H](C(C)(C)C)C2. The number of rotatable bonds is 3. The van der Waals surface area contributed by atoms with Crippen molar-refractivity contribution in [3.8, 4) is 5.75 Å². The summed E-state index contributed by atoms with van der Waals surface area (Å²) in [7, 11) is 1.64. The Kier molecular flexibility index (Phi) is 5.64. The van der Waals surface area contributed by atoms with Crippen molar-refractivity contribution in [3.63, 3.8) is 0 Å². The first-order chi connectivity index (χ1) is 13.0. The van der Waals surface area contributed by atoms with Crippen molar-refractivity contribution in [3.05, 3.63) is 45.1 Å². The van der Waals surface area contributed by atoms with Gasteiger partial charge in [0.15, 0.2) is 0 Å². The van der Waals surface area contributed by atoms with E-state index in [0.717, 1.165) is 30.5 Å². The Morgan fingerprint density at radius 3 is 2.50 bits per heavy atom. The predicted molar refractivity (Wildman–Crippen MR) is 119 cm³/mol. The minimum absolute atomic E-state index is 0.00919. The van der Waals surface area contributed by atoms with Crippen molar-refractivity contribution >= 4 is 22.9 Å². The van der Waals surface area contributed by atoms with Crippen molar-refractivity contribution in [1.29, 1.82) is 0 Å². The van der Waals surface area contributed by atoms with Crippen LogP contribution in [0.1, 0.15) is 74.3 Å². The summed E-state index contributed by atoms with van der Waals surface area (Å²) in [5.74, 6) is 1.34. The van der Waals surface area contributed by atoms with E-state index >= 15 is 0 Å². The molecule has 0 spiro atoms. The lowest BCUT2D eigenvalue weighted by molar-refractivity contribution is 0.102. The molecule has 1 amide bonds. The number of amides is 1. The van der Waals surface area contributed by atoms with E-state index in [2.05, 4.69) is 52.9 Å². The highest BCUT2D eigenvalue weighted by molar-refractivity contribution is 7.10. The molecule has 3 rings (SSSR count). The first-order valence-electron chi connectivity index (χ1n) is 10.1. The summed E-state index contributed by atoms with van der Waals surface area (Å²) in [6.07, 6.45) is 3.22. The number of methoxy groups -OCH3 is 1. The maximum atomic E-state index is 13.1. The highest BCUT2D eigenvalue weighted by atomic mass is 32.1. The van der Waals surface area contributed by atoms with E-state index in [0.29, 0.717) is 17.1 Å². The zero-order valence-corrected chi connectivity index (χ0v) is 19.0. The first-order valence-corrected chi connectivity index (χ1v) is 11.0. The van der Waals surface area contributed by atoms with Crippen molar-refractivity contribution in [2.45, 2.75) is 66.2 Å². The van der Waals surface area contributed by atoms with Gasteiger partial charge < -0.3 is 10.1 Å². The number of nitrogens with one attached hydrogen (secondary N) is 1. The van der Waals surface area contributed by atoms with Crippen LogP contribution in [0.2, 0.25) is 0 Å². The quantitative estimate of drug-likeness (QED) is 0.643. The topological polar surface area (TPSA) is 38.3 Å². The van der Waals surface area contributed by atoms with Crippen molar-refractivity contribution in [1.82, 2.24) is 0 Å². The second-order valence-corrected chi connectivity index (χ2v) is 10.9. The van der Waals surface area contributed by atoms with Crippen LogP contribution in [-0.4, -0.2) is 13.0 Å². The first kappa shape index (κ1) is 20.9. The van der Waals surface area contributed by atoms with Crippen LogP contribution >= 0.6 is 11.3 Å². The van der Waals surface area contributed by atoms with Crippen LogP contribution in [0.25, 0.3) is 0 Å². The summed E-state index contributed by atoms with van der Waals surface area (Å²) < 4.78 is 5.48. The van der Waals surface area contributed by atoms with Gasteiger partial charge in [-0.2, -0.15) is 0 Å². The summed E-state index contributed by atoms with van der Waals surface area (Å²) >= 11 is 1.74. The molecule has 0 fully saturated rings. The molecule has 1 N–H and O–H groups in total. The number of anilines is 1. The highest BCUT2D eigenvalue weighted by Crippen LogP contribution is 2.41. The lowest BCUT2D eigenvalue weighted by Gasteiger charge is -2.34. The third-order valence-electron chi connectivity index (χ3n) is 5.94. The lowest BCUT2D eigenvalue weighted by atomic mass is 9.72. The fourth-order valence-electron chi connectivity index (χ4n) is 3.90. The molecular weight excluding hydrogens is 366 g/mol. The van der Waals surface area contributed by atoms with Crippen LogP contribution in [0.15, 0.2) is 23.6 Å². The molecule has 0 saturated heterocycles. The van der Waals surface area contributed by atoms with Crippen molar-refractivity contribution in [2.24, 2.45) is 11.3 Å². The molecule has 1 aromatic heterocycles. The van der Waals surface area contributed by atoms with E-state index in [4.69, 9.17) is 4.74 Å². The van der Waals surface area contributed by atoms with Crippen LogP contribution in [0, 0.1) is 11.3 Å². The molecule has 0 aliphatic heterocycles. The Hall–Kier alpha value is -1.81. The number of fused-ring (bicyclic) bond motifs is 1. The number of carbonyl (C=O) groups excluding carboxylic acids is 1. The summed E-state index contributed by atoms with van der Waals surface area (Å²) in [5.41, 5.74) is 4.30. The van der Waals surface area contributed by atoms with Gasteiger partial charge in [-0.25, -0.2) is 0 Å². The van der Waals surface area contributed by atoms with E-state index in [1.807, 2.05) is 17.5 Å². The van der Waals surface area contributed by atoms with Gasteiger partial charge in [0.25, 0.3) is 5.91 Å². The fourth-order valence-corrected chi connectivity index (χ4v) is 5.07. The number of hydrogen-bond acceptors (Lipinski definition) is 3. The minimum Gasteiger partial charge on any atom is -0.495 e. The second-order valence-electron chi connectivity index (χ2n) is 9.98. The van der Waals surface area contributed by atoms with Gasteiger partial charge in [0, 0.05) is 10.3 Å². The molecule has 1 atom stereocenters. The molecule has 152 valence electrons. The third-order valence-corrected chi connectivity index (χ3v) is 6.99. The Labute approximate surface area is 173 Å². The van der Waals surface area contributed by atoms with Crippen molar-refractivity contribution in [2.75, 3.05) is 12.4 Å². The van der Waals surface area contributed by atoms with Crippen LogP contribution in [0.4, 0.5) is 5.69 Å². The fraction of sp³-hybridized carbons (Fsp3) is 0.542. The molecule has 2 aromatic rings. The third kappa shape index (κ3) is 4.27. The van der Waals surface area contributed by atoms with Crippen molar-refractivity contribution < 1.29 is 9.53 Å². The predicted octanol–water partition coefficient (Wildman–Crippen LogP) is 6.46. The zero-order valence-electron chi connectivity index (χ0n) is 18.2. The van der Waals surface area contributed by atoms with Crippen LogP contribution in [0.3, 0.4) is 0 Å². The molecule has 28 heavy (non-hydrogen) atoms. The Morgan fingerprint density at radius 2 is 1.89 bits per heavy atom. The van der Waals surface area contributed by atoms with Crippen LogP contribution in [0.5, 0.6) is 5.75 Å². The van der Waals surface area contributed by atoms with E-state index in [9.17, 15) is 4.79 Å². The minimum atomic E-state index is -0.0314. The second kappa shape index (κ2) is 7.55. The number of benzene rings is 1.